The Hall–Kier alpha value is -1.24. The van der Waals surface area contributed by atoms with Gasteiger partial charge in [0.1, 0.15) is 5.82 Å². The number of pyridine rings is 1. The number of nitrogens with one attached hydrogen (secondary N) is 1. The fourth-order valence-electron chi connectivity index (χ4n) is 1.88. The molecule has 0 aromatic carbocycles. The van der Waals surface area contributed by atoms with Gasteiger partial charge < -0.3 is 4.57 Å². The van der Waals surface area contributed by atoms with E-state index < -0.39 is 0 Å². The standard InChI is InChI=1S/C12H16BrN5/c1-18-5-4-16-12(18)3-2-11(17-14)9-6-10(13)8-15-7-9/h4-8,11,17H,2-3,14H2,1H3. The maximum absolute atomic E-state index is 5.61. The summed E-state index contributed by atoms with van der Waals surface area (Å²) in [6, 6.07) is 2.10. The molecular formula is C12H16BrN5. The van der Waals surface area contributed by atoms with E-state index in [9.17, 15) is 0 Å². The van der Waals surface area contributed by atoms with E-state index in [1.54, 1.807) is 12.4 Å². The number of nitrogens with two attached hydrogens (primary N) is 1. The molecule has 1 unspecified atom stereocenters. The lowest BCUT2D eigenvalue weighted by Crippen LogP contribution is -2.28. The first kappa shape index (κ1) is 13.2. The number of hydrazine groups is 1. The first-order chi connectivity index (χ1) is 8.70. The number of rotatable bonds is 5. The van der Waals surface area contributed by atoms with Crippen LogP contribution in [0.15, 0.2) is 35.3 Å². The third-order valence-corrected chi connectivity index (χ3v) is 3.34. The van der Waals surface area contributed by atoms with Gasteiger partial charge in [0.2, 0.25) is 0 Å². The van der Waals surface area contributed by atoms with Crippen molar-refractivity contribution in [2.75, 3.05) is 0 Å². The van der Waals surface area contributed by atoms with Crippen molar-refractivity contribution in [2.24, 2.45) is 12.9 Å². The molecule has 2 aromatic heterocycles. The Kier molecular flexibility index (Phi) is 4.46. The normalized spacial score (nSPS) is 12.6. The molecule has 6 heteroatoms. The van der Waals surface area contributed by atoms with Gasteiger partial charge in [-0.3, -0.25) is 16.3 Å². The third kappa shape index (κ3) is 3.16. The Morgan fingerprint density at radius 1 is 1.50 bits per heavy atom. The summed E-state index contributed by atoms with van der Waals surface area (Å²) in [6.45, 7) is 0. The topological polar surface area (TPSA) is 68.8 Å². The molecule has 0 amide bonds. The SMILES string of the molecule is Cn1ccnc1CCC(NN)c1cncc(Br)c1. The summed E-state index contributed by atoms with van der Waals surface area (Å²) >= 11 is 3.41. The summed E-state index contributed by atoms with van der Waals surface area (Å²) in [5, 5.41) is 0. The average Bonchev–Trinajstić information content (AvgIpc) is 2.76. The van der Waals surface area contributed by atoms with E-state index >= 15 is 0 Å². The van der Waals surface area contributed by atoms with Crippen LogP contribution in [0.3, 0.4) is 0 Å². The predicted molar refractivity (Wildman–Crippen MR) is 73.5 cm³/mol. The fraction of sp³-hybridized carbons (Fsp3) is 0.333. The van der Waals surface area contributed by atoms with Crippen LogP contribution in [0.2, 0.25) is 0 Å². The summed E-state index contributed by atoms with van der Waals surface area (Å²) in [5.41, 5.74) is 3.90. The van der Waals surface area contributed by atoms with Gasteiger partial charge in [0.25, 0.3) is 0 Å². The maximum Gasteiger partial charge on any atom is 0.108 e. The molecule has 0 radical (unpaired) electrons. The highest BCUT2D eigenvalue weighted by molar-refractivity contribution is 9.10. The minimum Gasteiger partial charge on any atom is -0.338 e. The number of hydrogen-bond donors (Lipinski definition) is 2. The van der Waals surface area contributed by atoms with Crippen LogP contribution in [-0.4, -0.2) is 14.5 Å². The Morgan fingerprint density at radius 2 is 2.33 bits per heavy atom. The second-order valence-electron chi connectivity index (χ2n) is 4.15. The van der Waals surface area contributed by atoms with Crippen LogP contribution in [0.5, 0.6) is 0 Å². The van der Waals surface area contributed by atoms with Crippen LogP contribution in [0.25, 0.3) is 0 Å². The van der Waals surface area contributed by atoms with Crippen LogP contribution < -0.4 is 11.3 Å². The van der Waals surface area contributed by atoms with E-state index in [4.69, 9.17) is 5.84 Å². The lowest BCUT2D eigenvalue weighted by atomic mass is 10.0. The lowest BCUT2D eigenvalue weighted by Gasteiger charge is -2.16. The Balaban J connectivity index is 2.04. The zero-order valence-electron chi connectivity index (χ0n) is 10.2. The second kappa shape index (κ2) is 6.08. The van der Waals surface area contributed by atoms with E-state index in [0.29, 0.717) is 0 Å². The quantitative estimate of drug-likeness (QED) is 0.652. The summed E-state index contributed by atoms with van der Waals surface area (Å²) in [5.74, 6) is 6.67. The zero-order valence-corrected chi connectivity index (χ0v) is 11.8. The molecule has 0 fully saturated rings. The molecule has 0 aliphatic rings. The zero-order chi connectivity index (χ0) is 13.0. The van der Waals surface area contributed by atoms with Gasteiger partial charge in [-0.2, -0.15) is 0 Å². The smallest absolute Gasteiger partial charge is 0.108 e. The van der Waals surface area contributed by atoms with Crippen molar-refractivity contribution in [2.45, 2.75) is 18.9 Å². The van der Waals surface area contributed by atoms with E-state index in [1.807, 2.05) is 30.1 Å². The van der Waals surface area contributed by atoms with Crippen molar-refractivity contribution >= 4 is 15.9 Å². The highest BCUT2D eigenvalue weighted by atomic mass is 79.9. The molecule has 0 spiro atoms. The summed E-state index contributed by atoms with van der Waals surface area (Å²) in [7, 11) is 1.99. The molecule has 2 aromatic rings. The maximum atomic E-state index is 5.61. The monoisotopic (exact) mass is 309 g/mol. The minimum absolute atomic E-state index is 0.0756. The number of aryl methyl sites for hydroxylation is 2. The van der Waals surface area contributed by atoms with E-state index in [0.717, 1.165) is 28.7 Å². The van der Waals surface area contributed by atoms with Gasteiger partial charge in [0.15, 0.2) is 0 Å². The number of aromatic nitrogens is 3. The highest BCUT2D eigenvalue weighted by Crippen LogP contribution is 2.20. The number of nitrogens with zero attached hydrogens (tertiary/aromatic N) is 3. The van der Waals surface area contributed by atoms with E-state index in [2.05, 4.69) is 31.3 Å². The minimum atomic E-state index is 0.0756. The Labute approximate surface area is 115 Å². The summed E-state index contributed by atoms with van der Waals surface area (Å²) in [4.78, 5) is 8.46. The molecule has 0 saturated heterocycles. The lowest BCUT2D eigenvalue weighted by molar-refractivity contribution is 0.505. The van der Waals surface area contributed by atoms with Crippen LogP contribution in [0, 0.1) is 0 Å². The Morgan fingerprint density at radius 3 is 2.94 bits per heavy atom. The number of imidazole rings is 1. The first-order valence-electron chi connectivity index (χ1n) is 5.73. The van der Waals surface area contributed by atoms with Gasteiger partial charge in [0, 0.05) is 48.8 Å². The fourth-order valence-corrected chi connectivity index (χ4v) is 2.26. The van der Waals surface area contributed by atoms with Crippen molar-refractivity contribution in [1.82, 2.24) is 20.0 Å². The van der Waals surface area contributed by atoms with Gasteiger partial charge in [0.05, 0.1) is 0 Å². The molecule has 2 rings (SSSR count). The molecule has 96 valence electrons. The predicted octanol–water partition coefficient (Wildman–Crippen LogP) is 1.71. The van der Waals surface area contributed by atoms with Crippen molar-refractivity contribution in [3.8, 4) is 0 Å². The van der Waals surface area contributed by atoms with E-state index in [1.165, 1.54) is 0 Å². The van der Waals surface area contributed by atoms with Gasteiger partial charge in [-0.05, 0) is 34.0 Å². The van der Waals surface area contributed by atoms with Crippen molar-refractivity contribution in [1.29, 1.82) is 0 Å². The second-order valence-corrected chi connectivity index (χ2v) is 5.06. The number of halogens is 1. The summed E-state index contributed by atoms with van der Waals surface area (Å²) in [6.07, 6.45) is 9.08. The van der Waals surface area contributed by atoms with Crippen molar-refractivity contribution in [3.05, 3.63) is 46.7 Å². The van der Waals surface area contributed by atoms with Crippen LogP contribution in [0.4, 0.5) is 0 Å². The van der Waals surface area contributed by atoms with Crippen LogP contribution >= 0.6 is 15.9 Å². The summed E-state index contributed by atoms with van der Waals surface area (Å²) < 4.78 is 2.98. The van der Waals surface area contributed by atoms with Gasteiger partial charge >= 0.3 is 0 Å². The van der Waals surface area contributed by atoms with Crippen molar-refractivity contribution in [3.63, 3.8) is 0 Å². The third-order valence-electron chi connectivity index (χ3n) is 2.91. The first-order valence-corrected chi connectivity index (χ1v) is 6.53. The van der Waals surface area contributed by atoms with Gasteiger partial charge in [-0.1, -0.05) is 0 Å². The molecule has 1 atom stereocenters. The van der Waals surface area contributed by atoms with Crippen molar-refractivity contribution < 1.29 is 0 Å². The van der Waals surface area contributed by atoms with Crippen LogP contribution in [-0.2, 0) is 13.5 Å². The number of hydrogen-bond acceptors (Lipinski definition) is 4. The largest absolute Gasteiger partial charge is 0.338 e. The Bertz CT molecular complexity index is 511. The molecular weight excluding hydrogens is 294 g/mol. The molecule has 0 saturated carbocycles. The molecule has 3 N–H and O–H groups in total. The molecule has 2 heterocycles. The van der Waals surface area contributed by atoms with Gasteiger partial charge in [-0.15, -0.1) is 0 Å². The van der Waals surface area contributed by atoms with E-state index in [-0.39, 0.29) is 6.04 Å². The van der Waals surface area contributed by atoms with Gasteiger partial charge in [-0.25, -0.2) is 4.98 Å². The molecule has 18 heavy (non-hydrogen) atoms. The molecule has 0 bridgehead atoms. The highest BCUT2D eigenvalue weighted by Gasteiger charge is 2.12. The molecule has 5 nitrogen and oxygen atoms in total. The average molecular weight is 310 g/mol. The van der Waals surface area contributed by atoms with Crippen LogP contribution in [0.1, 0.15) is 23.9 Å². The molecule has 0 aliphatic heterocycles. The molecule has 0 aliphatic carbocycles.